The largest absolute Gasteiger partial charge is 0.329 e. The summed E-state index contributed by atoms with van der Waals surface area (Å²) in [7, 11) is 0. The fraction of sp³-hybridized carbons (Fsp3) is 1.00. The van der Waals surface area contributed by atoms with Crippen LogP contribution in [-0.4, -0.2) is 54.6 Å². The molecule has 3 heteroatoms. The lowest BCUT2D eigenvalue weighted by Crippen LogP contribution is -2.53. The summed E-state index contributed by atoms with van der Waals surface area (Å²) in [6.07, 6.45) is 2.86. The van der Waals surface area contributed by atoms with Crippen LogP contribution in [0.15, 0.2) is 0 Å². The van der Waals surface area contributed by atoms with E-state index in [1.165, 1.54) is 32.5 Å². The highest BCUT2D eigenvalue weighted by molar-refractivity contribution is 4.91. The summed E-state index contributed by atoms with van der Waals surface area (Å²) < 4.78 is 0. The van der Waals surface area contributed by atoms with Gasteiger partial charge in [0.1, 0.15) is 0 Å². The van der Waals surface area contributed by atoms with Crippen molar-refractivity contribution in [3.8, 4) is 0 Å². The summed E-state index contributed by atoms with van der Waals surface area (Å²) in [6, 6.07) is 1.67. The van der Waals surface area contributed by atoms with E-state index >= 15 is 0 Å². The molecular weight excluding hydrogens is 162 g/mol. The van der Waals surface area contributed by atoms with Crippen molar-refractivity contribution in [1.29, 1.82) is 0 Å². The summed E-state index contributed by atoms with van der Waals surface area (Å²) >= 11 is 0. The van der Waals surface area contributed by atoms with Crippen LogP contribution in [0.4, 0.5) is 0 Å². The number of hydrogen-bond acceptors (Lipinski definition) is 3. The van der Waals surface area contributed by atoms with Crippen molar-refractivity contribution in [2.24, 2.45) is 5.73 Å². The molecule has 1 heterocycles. The molecule has 13 heavy (non-hydrogen) atoms. The lowest BCUT2D eigenvalue weighted by Gasteiger charge is -2.39. The van der Waals surface area contributed by atoms with Gasteiger partial charge in [0, 0.05) is 44.8 Å². The molecule has 0 spiro atoms. The molecule has 1 saturated heterocycles. The Bertz CT molecular complexity index is 168. The van der Waals surface area contributed by atoms with Crippen LogP contribution in [0.3, 0.4) is 0 Å². The molecule has 0 bridgehead atoms. The van der Waals surface area contributed by atoms with E-state index in [9.17, 15) is 0 Å². The molecule has 0 aromatic heterocycles. The molecule has 0 aromatic rings. The van der Waals surface area contributed by atoms with Gasteiger partial charge in [0.05, 0.1) is 0 Å². The lowest BCUT2D eigenvalue weighted by atomic mass is 10.2. The highest BCUT2D eigenvalue weighted by atomic mass is 15.3. The zero-order valence-corrected chi connectivity index (χ0v) is 8.58. The quantitative estimate of drug-likeness (QED) is 0.674. The maximum atomic E-state index is 5.56. The number of rotatable bonds is 3. The van der Waals surface area contributed by atoms with E-state index < -0.39 is 0 Å². The summed E-state index contributed by atoms with van der Waals surface area (Å²) in [5.74, 6) is 0. The molecule has 1 atom stereocenters. The normalized spacial score (nSPS) is 32.3. The van der Waals surface area contributed by atoms with Crippen molar-refractivity contribution in [3.05, 3.63) is 0 Å². The van der Waals surface area contributed by atoms with Gasteiger partial charge in [-0.3, -0.25) is 9.80 Å². The predicted octanol–water partition coefficient (Wildman–Crippen LogP) is 0.114. The Labute approximate surface area is 80.9 Å². The standard InChI is InChI=1S/C10H21N3/c1-9-8-12(5-4-11)6-7-13(9)10-2-3-10/h9-10H,2-8,11H2,1H3. The van der Waals surface area contributed by atoms with Gasteiger partial charge in [-0.25, -0.2) is 0 Å². The minimum absolute atomic E-state index is 0.743. The second kappa shape index (κ2) is 3.95. The lowest BCUT2D eigenvalue weighted by molar-refractivity contribution is 0.0793. The molecule has 0 aromatic carbocycles. The second-order valence-corrected chi connectivity index (χ2v) is 4.41. The Balaban J connectivity index is 1.80. The van der Waals surface area contributed by atoms with Crippen LogP contribution in [0.2, 0.25) is 0 Å². The second-order valence-electron chi connectivity index (χ2n) is 4.41. The molecule has 1 saturated carbocycles. The van der Waals surface area contributed by atoms with Crippen molar-refractivity contribution in [3.63, 3.8) is 0 Å². The van der Waals surface area contributed by atoms with Gasteiger partial charge in [-0.1, -0.05) is 0 Å². The van der Waals surface area contributed by atoms with E-state index in [2.05, 4.69) is 16.7 Å². The molecule has 1 unspecified atom stereocenters. The van der Waals surface area contributed by atoms with E-state index in [1.54, 1.807) is 0 Å². The monoisotopic (exact) mass is 183 g/mol. The van der Waals surface area contributed by atoms with Gasteiger partial charge in [0.25, 0.3) is 0 Å². The van der Waals surface area contributed by atoms with Gasteiger partial charge < -0.3 is 5.73 Å². The van der Waals surface area contributed by atoms with Gasteiger partial charge in [0.15, 0.2) is 0 Å². The fourth-order valence-electron chi connectivity index (χ4n) is 2.38. The molecule has 1 aliphatic carbocycles. The number of hydrogen-bond donors (Lipinski definition) is 1. The third-order valence-corrected chi connectivity index (χ3v) is 3.22. The van der Waals surface area contributed by atoms with Gasteiger partial charge in [-0.2, -0.15) is 0 Å². The molecule has 2 aliphatic rings. The van der Waals surface area contributed by atoms with Crippen molar-refractivity contribution >= 4 is 0 Å². The molecule has 1 aliphatic heterocycles. The molecule has 2 fully saturated rings. The van der Waals surface area contributed by atoms with Crippen LogP contribution in [0.25, 0.3) is 0 Å². The third kappa shape index (κ3) is 2.22. The minimum Gasteiger partial charge on any atom is -0.329 e. The highest BCUT2D eigenvalue weighted by Gasteiger charge is 2.34. The Morgan fingerprint density at radius 2 is 2.08 bits per heavy atom. The fourth-order valence-corrected chi connectivity index (χ4v) is 2.38. The maximum Gasteiger partial charge on any atom is 0.0198 e. The molecule has 76 valence electrons. The first-order valence-corrected chi connectivity index (χ1v) is 5.49. The number of nitrogens with zero attached hydrogens (tertiary/aromatic N) is 2. The van der Waals surface area contributed by atoms with Gasteiger partial charge >= 0.3 is 0 Å². The minimum atomic E-state index is 0.743. The molecule has 0 amide bonds. The zero-order chi connectivity index (χ0) is 9.26. The molecule has 2 rings (SSSR count). The summed E-state index contributed by atoms with van der Waals surface area (Å²) in [5.41, 5.74) is 5.56. The average molecular weight is 183 g/mol. The van der Waals surface area contributed by atoms with Gasteiger partial charge in [0.2, 0.25) is 0 Å². The summed E-state index contributed by atoms with van der Waals surface area (Å²) in [4.78, 5) is 5.16. The van der Waals surface area contributed by atoms with Crippen LogP contribution >= 0.6 is 0 Å². The molecule has 0 radical (unpaired) electrons. The Hall–Kier alpha value is -0.120. The van der Waals surface area contributed by atoms with Crippen molar-refractivity contribution < 1.29 is 0 Å². The van der Waals surface area contributed by atoms with Crippen LogP contribution in [0.5, 0.6) is 0 Å². The smallest absolute Gasteiger partial charge is 0.0198 e. The van der Waals surface area contributed by atoms with E-state index in [0.29, 0.717) is 0 Å². The Morgan fingerprint density at radius 1 is 1.31 bits per heavy atom. The first-order chi connectivity index (χ1) is 6.31. The van der Waals surface area contributed by atoms with Crippen LogP contribution in [-0.2, 0) is 0 Å². The van der Waals surface area contributed by atoms with Crippen molar-refractivity contribution in [1.82, 2.24) is 9.80 Å². The zero-order valence-electron chi connectivity index (χ0n) is 8.58. The highest BCUT2D eigenvalue weighted by Crippen LogP contribution is 2.29. The molecule has 3 nitrogen and oxygen atoms in total. The summed E-state index contributed by atoms with van der Waals surface area (Å²) in [6.45, 7) is 7.91. The first-order valence-electron chi connectivity index (χ1n) is 5.49. The van der Waals surface area contributed by atoms with Crippen molar-refractivity contribution in [2.45, 2.75) is 31.8 Å². The topological polar surface area (TPSA) is 32.5 Å². The molecule has 2 N–H and O–H groups in total. The summed E-state index contributed by atoms with van der Waals surface area (Å²) in [5, 5.41) is 0. The Morgan fingerprint density at radius 3 is 2.62 bits per heavy atom. The van der Waals surface area contributed by atoms with E-state index in [0.717, 1.165) is 25.2 Å². The SMILES string of the molecule is CC1CN(CCN)CCN1C1CC1. The maximum absolute atomic E-state index is 5.56. The molecular formula is C10H21N3. The van der Waals surface area contributed by atoms with Crippen LogP contribution < -0.4 is 5.73 Å². The average Bonchev–Trinajstić information content (AvgIpc) is 2.88. The number of piperazine rings is 1. The van der Waals surface area contributed by atoms with E-state index in [1.807, 2.05) is 0 Å². The predicted molar refractivity (Wildman–Crippen MR) is 54.7 cm³/mol. The van der Waals surface area contributed by atoms with Gasteiger partial charge in [-0.05, 0) is 19.8 Å². The van der Waals surface area contributed by atoms with Crippen LogP contribution in [0.1, 0.15) is 19.8 Å². The van der Waals surface area contributed by atoms with Crippen molar-refractivity contribution in [2.75, 3.05) is 32.7 Å². The van der Waals surface area contributed by atoms with E-state index in [4.69, 9.17) is 5.73 Å². The first kappa shape index (κ1) is 9.44. The van der Waals surface area contributed by atoms with Crippen LogP contribution in [0, 0.1) is 0 Å². The van der Waals surface area contributed by atoms with Gasteiger partial charge in [-0.15, -0.1) is 0 Å². The number of nitrogens with two attached hydrogens (primary N) is 1. The third-order valence-electron chi connectivity index (χ3n) is 3.22. The van der Waals surface area contributed by atoms with E-state index in [-0.39, 0.29) is 0 Å². The Kier molecular flexibility index (Phi) is 2.86.